The minimum absolute atomic E-state index is 0.0320. The molecule has 2 N–H and O–H groups in total. The molecule has 0 spiro atoms. The van der Waals surface area contributed by atoms with Gasteiger partial charge in [-0.3, -0.25) is 19.9 Å². The maximum Gasteiger partial charge on any atom is 0.222 e. The molecule has 0 aliphatic carbocycles. The molecule has 7 nitrogen and oxygen atoms in total. The number of aliphatic hydroxyl groups excluding tert-OH is 1. The Morgan fingerprint density at radius 2 is 2.26 bits per heavy atom. The fourth-order valence-electron chi connectivity index (χ4n) is 2.98. The number of nitrogens with zero attached hydrogens (tertiary/aromatic N) is 4. The van der Waals surface area contributed by atoms with Crippen molar-refractivity contribution in [1.29, 1.82) is 0 Å². The van der Waals surface area contributed by atoms with Crippen molar-refractivity contribution >= 4 is 5.91 Å². The lowest BCUT2D eigenvalue weighted by Gasteiger charge is -2.16. The Hall–Kier alpha value is -2.28. The lowest BCUT2D eigenvalue weighted by Crippen LogP contribution is -2.29. The van der Waals surface area contributed by atoms with E-state index in [1.54, 1.807) is 29.7 Å². The summed E-state index contributed by atoms with van der Waals surface area (Å²) < 4.78 is 0. The number of carbonyl (C=O) groups excluding carboxylic acids is 1. The Labute approximate surface area is 134 Å². The van der Waals surface area contributed by atoms with Gasteiger partial charge in [0.15, 0.2) is 0 Å². The van der Waals surface area contributed by atoms with Crippen molar-refractivity contribution in [3.8, 4) is 0 Å². The van der Waals surface area contributed by atoms with Crippen molar-refractivity contribution in [3.05, 3.63) is 42.2 Å². The molecular formula is C16H21N5O2. The third kappa shape index (κ3) is 4.13. The third-order valence-electron chi connectivity index (χ3n) is 4.26. The maximum absolute atomic E-state index is 12.3. The average Bonchev–Trinajstić information content (AvgIpc) is 3.19. The number of aromatic nitrogens is 4. The van der Waals surface area contributed by atoms with Crippen LogP contribution in [0.15, 0.2) is 31.0 Å². The number of nitrogens with one attached hydrogen (secondary N) is 1. The van der Waals surface area contributed by atoms with Gasteiger partial charge in [0.05, 0.1) is 18.0 Å². The monoisotopic (exact) mass is 315 g/mol. The van der Waals surface area contributed by atoms with E-state index in [1.165, 1.54) is 0 Å². The van der Waals surface area contributed by atoms with Gasteiger partial charge in [-0.1, -0.05) is 0 Å². The van der Waals surface area contributed by atoms with Crippen molar-refractivity contribution in [1.82, 2.24) is 25.1 Å². The van der Waals surface area contributed by atoms with Gasteiger partial charge in [0.1, 0.15) is 0 Å². The number of H-pyrrole nitrogens is 1. The predicted molar refractivity (Wildman–Crippen MR) is 83.3 cm³/mol. The third-order valence-corrected chi connectivity index (χ3v) is 4.26. The standard InChI is InChI=1S/C16H21N5O2/c22-15-11-21(10-13(15)6-14-9-17-4-5-18-14)16(23)3-1-2-12-7-19-20-8-12/h4-5,7-9,13,15,22H,1-3,6,10-11H2,(H,19,20). The zero-order valence-corrected chi connectivity index (χ0v) is 12.9. The second-order valence-electron chi connectivity index (χ2n) is 5.99. The number of hydrogen-bond donors (Lipinski definition) is 2. The first kappa shape index (κ1) is 15.6. The molecule has 2 atom stereocenters. The van der Waals surface area contributed by atoms with Crippen molar-refractivity contribution in [3.63, 3.8) is 0 Å². The minimum Gasteiger partial charge on any atom is -0.391 e. The summed E-state index contributed by atoms with van der Waals surface area (Å²) >= 11 is 0. The zero-order chi connectivity index (χ0) is 16.1. The highest BCUT2D eigenvalue weighted by molar-refractivity contribution is 5.76. The van der Waals surface area contributed by atoms with Gasteiger partial charge < -0.3 is 10.0 Å². The summed E-state index contributed by atoms with van der Waals surface area (Å²) in [6, 6.07) is 0. The Bertz CT molecular complexity index is 617. The average molecular weight is 315 g/mol. The SMILES string of the molecule is O=C(CCCc1cn[nH]c1)N1CC(O)C(Cc2cnccn2)C1. The molecule has 1 saturated heterocycles. The van der Waals surface area contributed by atoms with Crippen LogP contribution in [0.1, 0.15) is 24.1 Å². The van der Waals surface area contributed by atoms with Gasteiger partial charge in [0.2, 0.25) is 5.91 Å². The van der Waals surface area contributed by atoms with Crippen molar-refractivity contribution in [2.24, 2.45) is 5.92 Å². The number of amides is 1. The molecule has 2 aromatic heterocycles. The van der Waals surface area contributed by atoms with Crippen LogP contribution in [-0.2, 0) is 17.6 Å². The van der Waals surface area contributed by atoms with E-state index in [0.717, 1.165) is 24.1 Å². The molecule has 1 amide bonds. The fraction of sp³-hybridized carbons (Fsp3) is 0.500. The van der Waals surface area contributed by atoms with Crippen LogP contribution >= 0.6 is 0 Å². The topological polar surface area (TPSA) is 95.0 Å². The Morgan fingerprint density at radius 3 is 3.00 bits per heavy atom. The number of aryl methyl sites for hydroxylation is 1. The number of aromatic amines is 1. The highest BCUT2D eigenvalue weighted by Crippen LogP contribution is 2.21. The van der Waals surface area contributed by atoms with E-state index in [-0.39, 0.29) is 11.8 Å². The summed E-state index contributed by atoms with van der Waals surface area (Å²) in [5.74, 6) is 0.138. The molecule has 2 aromatic rings. The Kier molecular flexibility index (Phi) is 4.97. The van der Waals surface area contributed by atoms with E-state index in [2.05, 4.69) is 20.2 Å². The van der Waals surface area contributed by atoms with Gasteiger partial charge in [0.25, 0.3) is 0 Å². The summed E-state index contributed by atoms with van der Waals surface area (Å²) in [6.07, 6.45) is 10.9. The summed E-state index contributed by atoms with van der Waals surface area (Å²) in [6.45, 7) is 0.998. The smallest absolute Gasteiger partial charge is 0.222 e. The van der Waals surface area contributed by atoms with E-state index in [1.807, 2.05) is 6.20 Å². The highest BCUT2D eigenvalue weighted by atomic mass is 16.3. The Balaban J connectivity index is 1.46. The molecule has 2 unspecified atom stereocenters. The molecule has 23 heavy (non-hydrogen) atoms. The number of carbonyl (C=O) groups is 1. The molecule has 1 aliphatic rings. The van der Waals surface area contributed by atoms with E-state index in [0.29, 0.717) is 25.9 Å². The molecule has 0 bridgehead atoms. The molecule has 3 rings (SSSR count). The fourth-order valence-corrected chi connectivity index (χ4v) is 2.98. The van der Waals surface area contributed by atoms with Gasteiger partial charge in [0, 0.05) is 50.2 Å². The van der Waals surface area contributed by atoms with E-state index in [9.17, 15) is 9.90 Å². The minimum atomic E-state index is -0.491. The first-order chi connectivity index (χ1) is 11.2. The van der Waals surface area contributed by atoms with Crippen molar-refractivity contribution < 1.29 is 9.90 Å². The van der Waals surface area contributed by atoms with Gasteiger partial charge in [-0.15, -0.1) is 0 Å². The largest absolute Gasteiger partial charge is 0.391 e. The Morgan fingerprint density at radius 1 is 1.35 bits per heavy atom. The number of likely N-dealkylation sites (tertiary alicyclic amines) is 1. The highest BCUT2D eigenvalue weighted by Gasteiger charge is 2.33. The normalized spacial score (nSPS) is 20.8. The molecule has 3 heterocycles. The molecule has 1 aliphatic heterocycles. The van der Waals surface area contributed by atoms with E-state index < -0.39 is 6.10 Å². The van der Waals surface area contributed by atoms with Crippen LogP contribution in [0.25, 0.3) is 0 Å². The first-order valence-corrected chi connectivity index (χ1v) is 7.91. The van der Waals surface area contributed by atoms with Crippen LogP contribution in [0.5, 0.6) is 0 Å². The molecule has 1 fully saturated rings. The van der Waals surface area contributed by atoms with Crippen LogP contribution < -0.4 is 0 Å². The summed E-state index contributed by atoms with van der Waals surface area (Å²) in [5, 5.41) is 16.9. The summed E-state index contributed by atoms with van der Waals surface area (Å²) in [7, 11) is 0. The van der Waals surface area contributed by atoms with Crippen molar-refractivity contribution in [2.45, 2.75) is 31.8 Å². The summed E-state index contributed by atoms with van der Waals surface area (Å²) in [4.78, 5) is 22.3. The number of rotatable bonds is 6. The molecule has 0 saturated carbocycles. The number of aliphatic hydroxyl groups is 1. The zero-order valence-electron chi connectivity index (χ0n) is 12.9. The van der Waals surface area contributed by atoms with Crippen LogP contribution in [0.3, 0.4) is 0 Å². The van der Waals surface area contributed by atoms with Crippen LogP contribution in [0.4, 0.5) is 0 Å². The van der Waals surface area contributed by atoms with Gasteiger partial charge in [-0.25, -0.2) is 0 Å². The van der Waals surface area contributed by atoms with Gasteiger partial charge >= 0.3 is 0 Å². The number of β-amino-alcohol motifs (C(OH)–C–C–N with tert-alkyl or cyclic N) is 1. The quantitative estimate of drug-likeness (QED) is 0.813. The lowest BCUT2D eigenvalue weighted by atomic mass is 10.0. The van der Waals surface area contributed by atoms with Crippen LogP contribution in [0, 0.1) is 5.92 Å². The van der Waals surface area contributed by atoms with Crippen LogP contribution in [-0.4, -0.2) is 55.3 Å². The maximum atomic E-state index is 12.3. The predicted octanol–water partition coefficient (Wildman–Crippen LogP) is 0.584. The molecule has 122 valence electrons. The first-order valence-electron chi connectivity index (χ1n) is 7.91. The van der Waals surface area contributed by atoms with E-state index >= 15 is 0 Å². The molecule has 0 radical (unpaired) electrons. The lowest BCUT2D eigenvalue weighted by molar-refractivity contribution is -0.130. The van der Waals surface area contributed by atoms with Crippen LogP contribution in [0.2, 0.25) is 0 Å². The summed E-state index contributed by atoms with van der Waals surface area (Å²) in [5.41, 5.74) is 1.96. The second-order valence-corrected chi connectivity index (χ2v) is 5.99. The molecular weight excluding hydrogens is 294 g/mol. The van der Waals surface area contributed by atoms with Gasteiger partial charge in [-0.05, 0) is 24.8 Å². The number of hydrogen-bond acceptors (Lipinski definition) is 5. The van der Waals surface area contributed by atoms with Gasteiger partial charge in [-0.2, -0.15) is 5.10 Å². The second kappa shape index (κ2) is 7.32. The van der Waals surface area contributed by atoms with E-state index in [4.69, 9.17) is 0 Å². The molecule has 0 aromatic carbocycles. The molecule has 7 heteroatoms. The van der Waals surface area contributed by atoms with Crippen molar-refractivity contribution in [2.75, 3.05) is 13.1 Å².